The average molecular weight is 243 g/mol. The third-order valence-corrected chi connectivity index (χ3v) is 2.64. The zero-order valence-electron chi connectivity index (χ0n) is 8.85. The van der Waals surface area contributed by atoms with E-state index in [0.717, 1.165) is 0 Å². The zero-order chi connectivity index (χ0) is 12.4. The number of anilines is 1. The number of aliphatic hydroxyl groups is 2. The van der Waals surface area contributed by atoms with E-state index in [2.05, 4.69) is 4.98 Å². The highest BCUT2D eigenvalue weighted by atomic mass is 16.5. The highest BCUT2D eigenvalue weighted by molar-refractivity contribution is 5.28. The van der Waals surface area contributed by atoms with Crippen molar-refractivity contribution in [2.45, 2.75) is 24.9 Å². The molecule has 0 bridgehead atoms. The van der Waals surface area contributed by atoms with Gasteiger partial charge in [-0.3, -0.25) is 15.3 Å². The molecular formula is C9H13N3O5. The Kier molecular flexibility index (Phi) is 3.38. The zero-order valence-corrected chi connectivity index (χ0v) is 8.85. The monoisotopic (exact) mass is 243 g/mol. The fourth-order valence-corrected chi connectivity index (χ4v) is 1.74. The van der Waals surface area contributed by atoms with Crippen LogP contribution in [0.4, 0.5) is 5.82 Å². The predicted molar refractivity (Wildman–Crippen MR) is 55.5 cm³/mol. The van der Waals surface area contributed by atoms with Crippen LogP contribution in [-0.2, 0) is 4.74 Å². The molecule has 0 amide bonds. The fraction of sp³-hybridized carbons (Fsp3) is 0.556. The Hall–Kier alpha value is -1.48. The minimum absolute atomic E-state index is 0.0310. The molecule has 1 aliphatic rings. The first kappa shape index (κ1) is 12.0. The summed E-state index contributed by atoms with van der Waals surface area (Å²) in [7, 11) is 0. The van der Waals surface area contributed by atoms with Gasteiger partial charge < -0.3 is 14.9 Å². The van der Waals surface area contributed by atoms with E-state index >= 15 is 0 Å². The molecule has 3 atom stereocenters. The number of hydrogen-bond acceptors (Lipinski definition) is 7. The van der Waals surface area contributed by atoms with Crippen LogP contribution in [0.5, 0.6) is 0 Å². The maximum absolute atomic E-state index is 11.6. The van der Waals surface area contributed by atoms with Crippen LogP contribution in [-0.4, -0.2) is 43.8 Å². The van der Waals surface area contributed by atoms with E-state index in [-0.39, 0.29) is 18.8 Å². The summed E-state index contributed by atoms with van der Waals surface area (Å²) in [5.74, 6) is 0.0310. The van der Waals surface area contributed by atoms with Crippen molar-refractivity contribution < 1.29 is 20.2 Å². The summed E-state index contributed by atoms with van der Waals surface area (Å²) in [6, 6.07) is 1.39. The molecule has 1 aromatic rings. The quantitative estimate of drug-likeness (QED) is 0.487. The Labute approximate surface area is 96.1 Å². The second kappa shape index (κ2) is 4.80. The van der Waals surface area contributed by atoms with Crippen LogP contribution >= 0.6 is 0 Å². The highest BCUT2D eigenvalue weighted by Gasteiger charge is 2.34. The van der Waals surface area contributed by atoms with Gasteiger partial charge in [0.05, 0.1) is 12.7 Å². The van der Waals surface area contributed by atoms with Gasteiger partial charge in [-0.2, -0.15) is 4.98 Å². The number of rotatable bonds is 3. The number of nitrogens with zero attached hydrogens (tertiary/aromatic N) is 2. The second-order valence-electron chi connectivity index (χ2n) is 3.73. The van der Waals surface area contributed by atoms with E-state index in [9.17, 15) is 9.90 Å². The van der Waals surface area contributed by atoms with E-state index in [0.29, 0.717) is 0 Å². The summed E-state index contributed by atoms with van der Waals surface area (Å²) in [6.07, 6.45) is -0.561. The average Bonchev–Trinajstić information content (AvgIpc) is 2.70. The van der Waals surface area contributed by atoms with E-state index in [4.69, 9.17) is 15.1 Å². The predicted octanol–water partition coefficient (Wildman–Crippen LogP) is -1.31. The van der Waals surface area contributed by atoms with Crippen LogP contribution in [0.2, 0.25) is 0 Å². The summed E-state index contributed by atoms with van der Waals surface area (Å²) in [6.45, 7) is -0.309. The first-order valence-electron chi connectivity index (χ1n) is 5.09. The van der Waals surface area contributed by atoms with Crippen molar-refractivity contribution in [3.8, 4) is 0 Å². The molecule has 0 radical (unpaired) electrons. The smallest absolute Gasteiger partial charge is 0.351 e. The van der Waals surface area contributed by atoms with Gasteiger partial charge in [0.2, 0.25) is 0 Å². The van der Waals surface area contributed by atoms with Gasteiger partial charge in [0.1, 0.15) is 12.3 Å². The lowest BCUT2D eigenvalue weighted by Crippen LogP contribution is -2.27. The third kappa shape index (κ3) is 2.29. The van der Waals surface area contributed by atoms with Gasteiger partial charge in [0.15, 0.2) is 5.82 Å². The molecule has 0 unspecified atom stereocenters. The lowest BCUT2D eigenvalue weighted by Gasteiger charge is -2.14. The number of aromatic nitrogens is 2. The van der Waals surface area contributed by atoms with Gasteiger partial charge in [-0.25, -0.2) is 4.79 Å². The Bertz CT molecular complexity index is 449. The Balaban J connectivity index is 2.22. The molecule has 1 aromatic heterocycles. The molecule has 1 saturated heterocycles. The Morgan fingerprint density at radius 1 is 1.65 bits per heavy atom. The van der Waals surface area contributed by atoms with Crippen molar-refractivity contribution in [1.82, 2.24) is 9.55 Å². The van der Waals surface area contributed by atoms with Crippen molar-refractivity contribution in [1.29, 1.82) is 0 Å². The molecule has 1 aliphatic heterocycles. The molecule has 8 heteroatoms. The molecule has 4 N–H and O–H groups in total. The normalized spacial score (nSPS) is 28.3. The third-order valence-electron chi connectivity index (χ3n) is 2.64. The van der Waals surface area contributed by atoms with Crippen LogP contribution in [0.25, 0.3) is 0 Å². The lowest BCUT2D eigenvalue weighted by atomic mass is 10.2. The van der Waals surface area contributed by atoms with Gasteiger partial charge >= 0.3 is 5.69 Å². The first-order chi connectivity index (χ1) is 8.15. The number of ether oxygens (including phenoxy) is 1. The minimum Gasteiger partial charge on any atom is -0.394 e. The molecule has 2 rings (SSSR count). The van der Waals surface area contributed by atoms with Crippen LogP contribution in [0, 0.1) is 0 Å². The molecule has 0 aliphatic carbocycles. The fourth-order valence-electron chi connectivity index (χ4n) is 1.74. The number of hydrogen-bond donors (Lipinski definition) is 4. The van der Waals surface area contributed by atoms with Crippen molar-refractivity contribution in [3.05, 3.63) is 22.7 Å². The lowest BCUT2D eigenvalue weighted by molar-refractivity contribution is -0.0458. The first-order valence-corrected chi connectivity index (χ1v) is 5.09. The Morgan fingerprint density at radius 2 is 2.41 bits per heavy atom. The summed E-state index contributed by atoms with van der Waals surface area (Å²) in [5.41, 5.74) is 1.15. The molecule has 8 nitrogen and oxygen atoms in total. The van der Waals surface area contributed by atoms with Gasteiger partial charge in [-0.05, 0) is 6.07 Å². The van der Waals surface area contributed by atoms with Crippen molar-refractivity contribution in [2.24, 2.45) is 0 Å². The molecule has 1 fully saturated rings. The summed E-state index contributed by atoms with van der Waals surface area (Å²) in [4.78, 5) is 15.1. The maximum atomic E-state index is 11.6. The largest absolute Gasteiger partial charge is 0.394 e. The minimum atomic E-state index is -0.812. The van der Waals surface area contributed by atoms with Gasteiger partial charge in [0.25, 0.3) is 0 Å². The van der Waals surface area contributed by atoms with Crippen LogP contribution < -0.4 is 11.2 Å². The van der Waals surface area contributed by atoms with E-state index in [1.165, 1.54) is 16.8 Å². The van der Waals surface area contributed by atoms with Crippen LogP contribution in [0.15, 0.2) is 17.1 Å². The van der Waals surface area contributed by atoms with Gasteiger partial charge in [-0.15, -0.1) is 0 Å². The van der Waals surface area contributed by atoms with E-state index < -0.39 is 24.1 Å². The van der Waals surface area contributed by atoms with Gasteiger partial charge in [-0.1, -0.05) is 0 Å². The maximum Gasteiger partial charge on any atom is 0.351 e. The van der Waals surface area contributed by atoms with Crippen molar-refractivity contribution >= 4 is 5.82 Å². The molecule has 0 aromatic carbocycles. The molecule has 0 spiro atoms. The van der Waals surface area contributed by atoms with E-state index in [1.807, 2.05) is 0 Å². The molecule has 94 valence electrons. The number of nitrogens with one attached hydrogen (secondary N) is 1. The van der Waals surface area contributed by atoms with E-state index in [1.54, 1.807) is 5.48 Å². The van der Waals surface area contributed by atoms with Crippen molar-refractivity contribution in [3.63, 3.8) is 0 Å². The van der Waals surface area contributed by atoms with Crippen LogP contribution in [0.1, 0.15) is 12.6 Å². The molecular weight excluding hydrogens is 230 g/mol. The number of aliphatic hydroxyl groups excluding tert-OH is 2. The molecule has 17 heavy (non-hydrogen) atoms. The second-order valence-corrected chi connectivity index (χ2v) is 3.73. The van der Waals surface area contributed by atoms with Crippen molar-refractivity contribution in [2.75, 3.05) is 12.1 Å². The topological polar surface area (TPSA) is 117 Å². The summed E-state index contributed by atoms with van der Waals surface area (Å²) in [5, 5.41) is 27.0. The SMILES string of the molecule is O=c1nc(NO)ccn1[C@@H]1C[C@@H](O)[C@H](CO)O1. The standard InChI is InChI=1S/C9H13N3O5/c13-4-6-5(14)3-8(17-6)12-2-1-7(11-16)10-9(12)15/h1-2,5-6,8,13-14,16H,3-4H2,(H,10,11,15)/t5-,6+,8+/m1/s1. The Morgan fingerprint density at radius 3 is 2.94 bits per heavy atom. The summed E-state index contributed by atoms with van der Waals surface area (Å²) < 4.78 is 6.50. The van der Waals surface area contributed by atoms with Gasteiger partial charge in [0, 0.05) is 12.6 Å². The summed E-state index contributed by atoms with van der Waals surface area (Å²) >= 11 is 0. The molecule has 0 saturated carbocycles. The van der Waals surface area contributed by atoms with Crippen LogP contribution in [0.3, 0.4) is 0 Å². The highest BCUT2D eigenvalue weighted by Crippen LogP contribution is 2.27. The molecule has 2 heterocycles.